The van der Waals surface area contributed by atoms with Crippen LogP contribution in [0.5, 0.6) is 0 Å². The summed E-state index contributed by atoms with van der Waals surface area (Å²) in [6.45, 7) is 0. The first-order chi connectivity index (χ1) is 9.35. The van der Waals surface area contributed by atoms with Gasteiger partial charge >= 0.3 is 0 Å². The van der Waals surface area contributed by atoms with Crippen molar-refractivity contribution in [2.24, 2.45) is 0 Å². The van der Waals surface area contributed by atoms with Crippen LogP contribution in [0.25, 0.3) is 10.8 Å². The van der Waals surface area contributed by atoms with E-state index in [-0.39, 0.29) is 0 Å². The smallest absolute Gasteiger partial charge is 0.141 e. The molecule has 0 saturated heterocycles. The zero-order valence-electron chi connectivity index (χ0n) is 10.1. The molecule has 0 aliphatic carbocycles. The number of pyridine rings is 1. The normalized spacial score (nSPS) is 10.3. The number of nitrogens with zero attached hydrogens (tertiary/aromatic N) is 2. The van der Waals surface area contributed by atoms with Crippen LogP contribution < -0.4 is 0 Å². The van der Waals surface area contributed by atoms with Crippen molar-refractivity contribution in [2.45, 2.75) is 9.92 Å². The van der Waals surface area contributed by atoms with Crippen LogP contribution in [0.4, 0.5) is 0 Å². The third kappa shape index (κ3) is 2.59. The van der Waals surface area contributed by atoms with Crippen LogP contribution in [0.2, 0.25) is 0 Å². The van der Waals surface area contributed by atoms with Crippen molar-refractivity contribution in [3.05, 3.63) is 66.4 Å². The summed E-state index contributed by atoms with van der Waals surface area (Å²) in [7, 11) is 0. The molecule has 0 N–H and O–H groups in total. The highest BCUT2D eigenvalue weighted by Gasteiger charge is 2.01. The summed E-state index contributed by atoms with van der Waals surface area (Å²) in [5.41, 5.74) is 0.450. The summed E-state index contributed by atoms with van der Waals surface area (Å²) in [4.78, 5) is 5.39. The van der Waals surface area contributed by atoms with Crippen molar-refractivity contribution < 1.29 is 0 Å². The van der Waals surface area contributed by atoms with Gasteiger partial charge in [-0.15, -0.1) is 0 Å². The largest absolute Gasteiger partial charge is 0.230 e. The highest BCUT2D eigenvalue weighted by atomic mass is 32.2. The first-order valence-electron chi connectivity index (χ1n) is 5.89. The second-order valence-electron chi connectivity index (χ2n) is 4.08. The Bertz CT molecular complexity index is 775. The van der Waals surface area contributed by atoms with Gasteiger partial charge in [0.05, 0.1) is 0 Å². The fourth-order valence-electron chi connectivity index (χ4n) is 1.89. The molecule has 2 nitrogen and oxygen atoms in total. The first-order valence-corrected chi connectivity index (χ1v) is 6.70. The van der Waals surface area contributed by atoms with E-state index in [0.29, 0.717) is 5.69 Å². The van der Waals surface area contributed by atoms with Gasteiger partial charge in [0.15, 0.2) is 0 Å². The number of hydrogen-bond acceptors (Lipinski definition) is 3. The average molecular weight is 262 g/mol. The van der Waals surface area contributed by atoms with Gasteiger partial charge in [-0.05, 0) is 35.0 Å². The van der Waals surface area contributed by atoms with E-state index in [1.165, 1.54) is 10.8 Å². The van der Waals surface area contributed by atoms with Crippen molar-refractivity contribution in [1.82, 2.24) is 4.98 Å². The first kappa shape index (κ1) is 11.8. The molecule has 0 unspecified atom stereocenters. The van der Waals surface area contributed by atoms with Crippen molar-refractivity contribution in [3.8, 4) is 6.07 Å². The minimum absolute atomic E-state index is 0.450. The molecular formula is C16H10N2S. The number of nitriles is 1. The molecule has 2 aromatic carbocycles. The Morgan fingerprint density at radius 3 is 2.58 bits per heavy atom. The predicted molar refractivity (Wildman–Crippen MR) is 77.0 cm³/mol. The Hall–Kier alpha value is -2.31. The van der Waals surface area contributed by atoms with Gasteiger partial charge in [0, 0.05) is 4.90 Å². The van der Waals surface area contributed by atoms with Crippen molar-refractivity contribution >= 4 is 22.5 Å². The summed E-state index contributed by atoms with van der Waals surface area (Å²) in [5, 5.41) is 12.1. The van der Waals surface area contributed by atoms with Gasteiger partial charge in [0.25, 0.3) is 0 Å². The molecule has 0 bridgehead atoms. The van der Waals surface area contributed by atoms with Crippen molar-refractivity contribution in [1.29, 1.82) is 5.26 Å². The van der Waals surface area contributed by atoms with E-state index in [0.717, 1.165) is 9.92 Å². The monoisotopic (exact) mass is 262 g/mol. The molecule has 3 aromatic rings. The highest BCUT2D eigenvalue weighted by molar-refractivity contribution is 7.99. The number of aromatic nitrogens is 1. The van der Waals surface area contributed by atoms with Crippen LogP contribution in [0.1, 0.15) is 5.69 Å². The summed E-state index contributed by atoms with van der Waals surface area (Å²) < 4.78 is 0. The third-order valence-electron chi connectivity index (χ3n) is 2.78. The molecule has 1 aromatic heterocycles. The van der Waals surface area contributed by atoms with Gasteiger partial charge in [-0.25, -0.2) is 4.98 Å². The topological polar surface area (TPSA) is 36.7 Å². The summed E-state index contributed by atoms with van der Waals surface area (Å²) >= 11 is 1.57. The van der Waals surface area contributed by atoms with E-state index in [9.17, 15) is 0 Å². The van der Waals surface area contributed by atoms with Crippen molar-refractivity contribution in [3.63, 3.8) is 0 Å². The summed E-state index contributed by atoms with van der Waals surface area (Å²) in [6.07, 6.45) is 0. The second kappa shape index (κ2) is 5.13. The molecule has 0 fully saturated rings. The molecule has 0 atom stereocenters. The van der Waals surface area contributed by atoms with E-state index >= 15 is 0 Å². The molecule has 0 aliphatic heterocycles. The minimum atomic E-state index is 0.450. The van der Waals surface area contributed by atoms with Crippen LogP contribution in [-0.2, 0) is 0 Å². The lowest BCUT2D eigenvalue weighted by Gasteiger charge is -2.03. The number of rotatable bonds is 2. The van der Waals surface area contributed by atoms with Gasteiger partial charge < -0.3 is 0 Å². The molecule has 0 radical (unpaired) electrons. The Morgan fingerprint density at radius 2 is 1.74 bits per heavy atom. The summed E-state index contributed by atoms with van der Waals surface area (Å²) in [6, 6.07) is 22.1. The van der Waals surface area contributed by atoms with Gasteiger partial charge in [0.1, 0.15) is 16.8 Å². The van der Waals surface area contributed by atoms with Gasteiger partial charge in [-0.3, -0.25) is 0 Å². The SMILES string of the molecule is N#Cc1cccc(Sc2ccc3ccccc3c2)n1. The summed E-state index contributed by atoms with van der Waals surface area (Å²) in [5.74, 6) is 0. The lowest BCUT2D eigenvalue weighted by molar-refractivity contribution is 1.10. The quantitative estimate of drug-likeness (QED) is 0.692. The Balaban J connectivity index is 1.94. The molecule has 90 valence electrons. The maximum Gasteiger partial charge on any atom is 0.141 e. The molecule has 0 saturated carbocycles. The number of fused-ring (bicyclic) bond motifs is 1. The maximum atomic E-state index is 8.85. The second-order valence-corrected chi connectivity index (χ2v) is 5.18. The van der Waals surface area contributed by atoms with Gasteiger partial charge in [-0.2, -0.15) is 5.26 Å². The molecule has 19 heavy (non-hydrogen) atoms. The van der Waals surface area contributed by atoms with Crippen LogP contribution in [-0.4, -0.2) is 4.98 Å². The molecule has 3 rings (SSSR count). The highest BCUT2D eigenvalue weighted by Crippen LogP contribution is 2.28. The van der Waals surface area contributed by atoms with Crippen LogP contribution in [0, 0.1) is 11.3 Å². The van der Waals surface area contributed by atoms with E-state index in [4.69, 9.17) is 5.26 Å². The van der Waals surface area contributed by atoms with E-state index in [1.807, 2.05) is 24.3 Å². The number of benzene rings is 2. The predicted octanol–water partition coefficient (Wildman–Crippen LogP) is 4.26. The van der Waals surface area contributed by atoms with Crippen LogP contribution in [0.3, 0.4) is 0 Å². The average Bonchev–Trinajstić information content (AvgIpc) is 2.47. The number of hydrogen-bond donors (Lipinski definition) is 0. The third-order valence-corrected chi connectivity index (χ3v) is 3.71. The molecule has 1 heterocycles. The zero-order valence-corrected chi connectivity index (χ0v) is 10.9. The Kier molecular flexibility index (Phi) is 3.18. The fraction of sp³-hybridized carbons (Fsp3) is 0. The molecule has 3 heteroatoms. The van der Waals surface area contributed by atoms with Crippen molar-refractivity contribution in [2.75, 3.05) is 0 Å². The fourth-order valence-corrected chi connectivity index (χ4v) is 2.74. The molecule has 0 amide bonds. The Labute approximate surface area is 115 Å². The molecule has 0 spiro atoms. The Morgan fingerprint density at radius 1 is 0.895 bits per heavy atom. The van der Waals surface area contributed by atoms with Gasteiger partial charge in [0.2, 0.25) is 0 Å². The molecule has 0 aliphatic rings. The molecular weight excluding hydrogens is 252 g/mol. The lowest BCUT2D eigenvalue weighted by Crippen LogP contribution is -1.84. The van der Waals surface area contributed by atoms with E-state index < -0.39 is 0 Å². The van der Waals surface area contributed by atoms with Crippen LogP contribution in [0.15, 0.2) is 70.6 Å². The van der Waals surface area contributed by atoms with E-state index in [1.54, 1.807) is 17.8 Å². The zero-order chi connectivity index (χ0) is 13.1. The lowest BCUT2D eigenvalue weighted by atomic mass is 10.1. The maximum absolute atomic E-state index is 8.85. The van der Waals surface area contributed by atoms with Crippen LogP contribution >= 0.6 is 11.8 Å². The minimum Gasteiger partial charge on any atom is -0.230 e. The van der Waals surface area contributed by atoms with Gasteiger partial charge in [-0.1, -0.05) is 48.2 Å². The standard InChI is InChI=1S/C16H10N2S/c17-11-14-6-3-7-16(18-14)19-15-9-8-12-4-1-2-5-13(12)10-15/h1-10H. The van der Waals surface area contributed by atoms with E-state index in [2.05, 4.69) is 41.4 Å².